The molecule has 0 atom stereocenters. The van der Waals surface area contributed by atoms with E-state index in [0.717, 1.165) is 12.8 Å². The number of hydrogen-bond acceptors (Lipinski definition) is 5. The maximum Gasteiger partial charge on any atom is 0.387 e. The Hall–Kier alpha value is -2.38. The molecule has 0 radical (unpaired) electrons. The van der Waals surface area contributed by atoms with Crippen molar-refractivity contribution < 1.29 is 27.9 Å². The Kier molecular flexibility index (Phi) is 8.53. The van der Waals surface area contributed by atoms with E-state index in [9.17, 15) is 13.6 Å². The molecule has 0 unspecified atom stereocenters. The van der Waals surface area contributed by atoms with Crippen LogP contribution in [0.5, 0.6) is 11.5 Å². The van der Waals surface area contributed by atoms with Crippen LogP contribution in [-0.2, 0) is 9.63 Å². The van der Waals surface area contributed by atoms with Gasteiger partial charge in [0.15, 0.2) is 18.1 Å². The Labute approximate surface area is 139 Å². The summed E-state index contributed by atoms with van der Waals surface area (Å²) in [7, 11) is 1.34. The molecule has 0 fully saturated rings. The van der Waals surface area contributed by atoms with Crippen molar-refractivity contribution in [3.8, 4) is 11.5 Å². The molecule has 1 rings (SSSR count). The Bertz CT molecular complexity index is 549. The molecule has 134 valence electrons. The van der Waals surface area contributed by atoms with Gasteiger partial charge < -0.3 is 19.6 Å². The number of nitrogens with one attached hydrogen (secondary N) is 1. The van der Waals surface area contributed by atoms with Gasteiger partial charge in [0, 0.05) is 11.6 Å². The molecule has 1 amide bonds. The molecule has 0 saturated carbocycles. The first-order valence-electron chi connectivity index (χ1n) is 7.57. The van der Waals surface area contributed by atoms with Crippen molar-refractivity contribution in [3.05, 3.63) is 23.8 Å². The van der Waals surface area contributed by atoms with Crippen LogP contribution in [0.1, 0.15) is 32.3 Å². The lowest BCUT2D eigenvalue weighted by atomic mass is 10.2. The third-order valence-corrected chi connectivity index (χ3v) is 3.23. The first-order valence-corrected chi connectivity index (χ1v) is 7.57. The highest BCUT2D eigenvalue weighted by atomic mass is 19.3. The minimum absolute atomic E-state index is 0.0740. The zero-order valence-electron chi connectivity index (χ0n) is 13.9. The molecule has 0 saturated heterocycles. The number of carbonyl (C=O) groups excluding carboxylic acids is 1. The van der Waals surface area contributed by atoms with Gasteiger partial charge in [-0.3, -0.25) is 4.79 Å². The number of halogens is 2. The van der Waals surface area contributed by atoms with E-state index in [0.29, 0.717) is 5.56 Å². The van der Waals surface area contributed by atoms with Gasteiger partial charge in [-0.1, -0.05) is 19.0 Å². The number of methoxy groups -OCH3 is 1. The van der Waals surface area contributed by atoms with E-state index in [1.165, 1.54) is 31.5 Å². The molecule has 0 aliphatic rings. The number of amides is 1. The smallest absolute Gasteiger partial charge is 0.387 e. The van der Waals surface area contributed by atoms with Gasteiger partial charge in [-0.05, 0) is 31.0 Å². The van der Waals surface area contributed by atoms with Gasteiger partial charge in [0.25, 0.3) is 5.91 Å². The number of hydrogen-bond donors (Lipinski definition) is 1. The number of rotatable bonds is 10. The van der Waals surface area contributed by atoms with Crippen LogP contribution in [0.25, 0.3) is 0 Å². The highest BCUT2D eigenvalue weighted by molar-refractivity contribution is 5.81. The van der Waals surface area contributed by atoms with Crippen LogP contribution in [0.4, 0.5) is 8.78 Å². The number of benzene rings is 1. The van der Waals surface area contributed by atoms with Crippen molar-refractivity contribution in [3.63, 3.8) is 0 Å². The van der Waals surface area contributed by atoms with Crippen LogP contribution in [0.2, 0.25) is 0 Å². The van der Waals surface area contributed by atoms with Gasteiger partial charge in [-0.2, -0.15) is 8.78 Å². The molecule has 0 heterocycles. The van der Waals surface area contributed by atoms with Crippen molar-refractivity contribution in [2.24, 2.45) is 5.16 Å². The largest absolute Gasteiger partial charge is 0.493 e. The number of ether oxygens (including phenoxy) is 2. The quantitative estimate of drug-likeness (QED) is 0.523. The summed E-state index contributed by atoms with van der Waals surface area (Å²) in [6.07, 6.45) is 3.04. The highest BCUT2D eigenvalue weighted by Gasteiger charge is 2.11. The molecule has 0 bridgehead atoms. The van der Waals surface area contributed by atoms with Crippen LogP contribution in [-0.4, -0.2) is 38.5 Å². The Morgan fingerprint density at radius 1 is 1.29 bits per heavy atom. The van der Waals surface area contributed by atoms with Gasteiger partial charge in [-0.15, -0.1) is 0 Å². The van der Waals surface area contributed by atoms with E-state index in [-0.39, 0.29) is 30.1 Å². The number of carbonyl (C=O) groups is 1. The van der Waals surface area contributed by atoms with E-state index in [2.05, 4.69) is 15.2 Å². The third-order valence-electron chi connectivity index (χ3n) is 3.23. The summed E-state index contributed by atoms with van der Waals surface area (Å²) in [5.74, 6) is -0.181. The molecule has 1 N–H and O–H groups in total. The summed E-state index contributed by atoms with van der Waals surface area (Å²) < 4.78 is 33.8. The van der Waals surface area contributed by atoms with Gasteiger partial charge in [-0.25, -0.2) is 0 Å². The fourth-order valence-electron chi connectivity index (χ4n) is 1.91. The maximum absolute atomic E-state index is 12.2. The second kappa shape index (κ2) is 10.4. The number of nitrogens with zero attached hydrogens (tertiary/aromatic N) is 1. The molecule has 8 heteroatoms. The zero-order valence-corrected chi connectivity index (χ0v) is 13.9. The predicted molar refractivity (Wildman–Crippen MR) is 85.7 cm³/mol. The zero-order chi connectivity index (χ0) is 17.9. The topological polar surface area (TPSA) is 69.2 Å². The van der Waals surface area contributed by atoms with Gasteiger partial charge in [0.2, 0.25) is 0 Å². The Morgan fingerprint density at radius 3 is 2.58 bits per heavy atom. The average Bonchev–Trinajstić information content (AvgIpc) is 2.57. The van der Waals surface area contributed by atoms with Crippen LogP contribution >= 0.6 is 0 Å². The van der Waals surface area contributed by atoms with Crippen molar-refractivity contribution >= 4 is 12.1 Å². The second-order valence-corrected chi connectivity index (χ2v) is 4.88. The second-order valence-electron chi connectivity index (χ2n) is 4.88. The molecule has 1 aromatic carbocycles. The predicted octanol–water partition coefficient (Wildman–Crippen LogP) is 2.95. The first kappa shape index (κ1) is 19.7. The summed E-state index contributed by atoms with van der Waals surface area (Å²) in [5.41, 5.74) is 0.550. The monoisotopic (exact) mass is 344 g/mol. The summed E-state index contributed by atoms with van der Waals surface area (Å²) >= 11 is 0. The molecule has 0 spiro atoms. The summed E-state index contributed by atoms with van der Waals surface area (Å²) in [6.45, 7) is 0.844. The van der Waals surface area contributed by atoms with Gasteiger partial charge in [0.1, 0.15) is 0 Å². The SMILES string of the molecule is CCC(CC)NC(=O)CO/N=C/c1ccc(OC(F)F)c(OC)c1. The van der Waals surface area contributed by atoms with E-state index in [1.807, 2.05) is 13.8 Å². The molecule has 0 aliphatic heterocycles. The molecule has 24 heavy (non-hydrogen) atoms. The number of alkyl halides is 2. The minimum atomic E-state index is -2.93. The molecule has 1 aromatic rings. The van der Waals surface area contributed by atoms with E-state index >= 15 is 0 Å². The van der Waals surface area contributed by atoms with Crippen molar-refractivity contribution in [1.82, 2.24) is 5.32 Å². The van der Waals surface area contributed by atoms with Gasteiger partial charge >= 0.3 is 6.61 Å². The molecule has 0 aliphatic carbocycles. The molecule has 0 aromatic heterocycles. The fraction of sp³-hybridized carbons (Fsp3) is 0.500. The number of oxime groups is 1. The van der Waals surface area contributed by atoms with E-state index in [4.69, 9.17) is 9.57 Å². The van der Waals surface area contributed by atoms with E-state index < -0.39 is 6.61 Å². The summed E-state index contributed by atoms with van der Waals surface area (Å²) in [6, 6.07) is 4.44. The summed E-state index contributed by atoms with van der Waals surface area (Å²) in [4.78, 5) is 16.5. The standard InChI is InChI=1S/C16H22F2N2O4/c1-4-12(5-2)20-15(21)10-23-19-9-11-6-7-13(24-16(17)18)14(8-11)22-3/h6-9,12,16H,4-5,10H2,1-3H3,(H,20,21)/b19-9+. The van der Waals surface area contributed by atoms with Crippen molar-refractivity contribution in [2.75, 3.05) is 13.7 Å². The molecule has 6 nitrogen and oxygen atoms in total. The normalized spacial score (nSPS) is 11.1. The van der Waals surface area contributed by atoms with Crippen LogP contribution in [0, 0.1) is 0 Å². The molecular formula is C16H22F2N2O4. The maximum atomic E-state index is 12.2. The van der Waals surface area contributed by atoms with Crippen LogP contribution in [0.15, 0.2) is 23.4 Å². The van der Waals surface area contributed by atoms with Crippen LogP contribution < -0.4 is 14.8 Å². The average molecular weight is 344 g/mol. The van der Waals surface area contributed by atoms with Gasteiger partial charge in [0.05, 0.1) is 13.3 Å². The Morgan fingerprint density at radius 2 is 2.00 bits per heavy atom. The lowest BCUT2D eigenvalue weighted by molar-refractivity contribution is -0.126. The fourth-order valence-corrected chi connectivity index (χ4v) is 1.91. The highest BCUT2D eigenvalue weighted by Crippen LogP contribution is 2.28. The lowest BCUT2D eigenvalue weighted by Gasteiger charge is -2.13. The minimum Gasteiger partial charge on any atom is -0.493 e. The van der Waals surface area contributed by atoms with E-state index in [1.54, 1.807) is 0 Å². The lowest BCUT2D eigenvalue weighted by Crippen LogP contribution is -2.36. The third kappa shape index (κ3) is 6.80. The molecular weight excluding hydrogens is 322 g/mol. The van der Waals surface area contributed by atoms with Crippen molar-refractivity contribution in [2.45, 2.75) is 39.3 Å². The summed E-state index contributed by atoms with van der Waals surface area (Å²) in [5, 5.41) is 6.49. The van der Waals surface area contributed by atoms with Crippen molar-refractivity contribution in [1.29, 1.82) is 0 Å². The first-order chi connectivity index (χ1) is 11.5. The Balaban J connectivity index is 2.54. The van der Waals surface area contributed by atoms with Crippen LogP contribution in [0.3, 0.4) is 0 Å².